The molecule has 0 aliphatic rings. The van der Waals surface area contributed by atoms with Crippen molar-refractivity contribution in [3.05, 3.63) is 67.1 Å². The summed E-state index contributed by atoms with van der Waals surface area (Å²) in [7, 11) is 1.90. The van der Waals surface area contributed by atoms with E-state index >= 15 is 0 Å². The molecule has 0 radical (unpaired) electrons. The highest BCUT2D eigenvalue weighted by atomic mass is 79.9. The van der Waals surface area contributed by atoms with Crippen LogP contribution in [0.4, 0.5) is 0 Å². The lowest BCUT2D eigenvalue weighted by Crippen LogP contribution is -2.19. The summed E-state index contributed by atoms with van der Waals surface area (Å²) in [5, 5.41) is 5.14. The van der Waals surface area contributed by atoms with Crippen LogP contribution in [0.5, 0.6) is 0 Å². The average molecular weight is 394 g/mol. The average Bonchev–Trinajstić information content (AvgIpc) is 2.42. The van der Waals surface area contributed by atoms with Gasteiger partial charge in [0, 0.05) is 15.5 Å². The fourth-order valence-corrected chi connectivity index (χ4v) is 3.25. The van der Waals surface area contributed by atoms with Crippen molar-refractivity contribution in [2.45, 2.75) is 12.5 Å². The molecule has 20 heavy (non-hydrogen) atoms. The molecule has 2 rings (SSSR count). The third-order valence-electron chi connectivity index (χ3n) is 3.14. The molecule has 0 saturated heterocycles. The van der Waals surface area contributed by atoms with E-state index in [1.807, 2.05) is 37.4 Å². The smallest absolute Gasteiger partial charge is 0.0640 e. The topological polar surface area (TPSA) is 12.0 Å². The van der Waals surface area contributed by atoms with Crippen molar-refractivity contribution < 1.29 is 0 Å². The normalized spacial score (nSPS) is 12.4. The number of halogens is 4. The Labute approximate surface area is 142 Å². The van der Waals surface area contributed by atoms with E-state index in [0.717, 1.165) is 27.0 Å². The van der Waals surface area contributed by atoms with Gasteiger partial charge in [-0.05, 0) is 42.8 Å². The maximum absolute atomic E-state index is 6.29. The monoisotopic (exact) mass is 391 g/mol. The minimum Gasteiger partial charge on any atom is -0.313 e. The largest absolute Gasteiger partial charge is 0.313 e. The number of rotatable bonds is 4. The zero-order chi connectivity index (χ0) is 14.7. The van der Waals surface area contributed by atoms with Crippen LogP contribution in [0.1, 0.15) is 17.2 Å². The maximum Gasteiger partial charge on any atom is 0.0640 e. The van der Waals surface area contributed by atoms with Crippen LogP contribution in [0.25, 0.3) is 0 Å². The van der Waals surface area contributed by atoms with Gasteiger partial charge in [0.05, 0.1) is 10.0 Å². The molecule has 0 fully saturated rings. The zero-order valence-corrected chi connectivity index (χ0v) is 14.6. The fourth-order valence-electron chi connectivity index (χ4n) is 2.06. The maximum atomic E-state index is 6.29. The van der Waals surface area contributed by atoms with Crippen molar-refractivity contribution in [2.24, 2.45) is 0 Å². The predicted molar refractivity (Wildman–Crippen MR) is 91.1 cm³/mol. The van der Waals surface area contributed by atoms with Crippen LogP contribution in [0.15, 0.2) is 40.9 Å². The van der Waals surface area contributed by atoms with Gasteiger partial charge in [-0.2, -0.15) is 0 Å². The van der Waals surface area contributed by atoms with E-state index in [-0.39, 0.29) is 6.04 Å². The fraction of sp³-hybridized carbons (Fsp3) is 0.200. The van der Waals surface area contributed by atoms with Gasteiger partial charge in [-0.1, -0.05) is 68.9 Å². The summed E-state index contributed by atoms with van der Waals surface area (Å²) >= 11 is 22.0. The van der Waals surface area contributed by atoms with Crippen molar-refractivity contribution in [3.63, 3.8) is 0 Å². The number of nitrogens with one attached hydrogen (secondary N) is 1. The summed E-state index contributed by atoms with van der Waals surface area (Å²) in [5.41, 5.74) is 2.03. The van der Waals surface area contributed by atoms with Crippen molar-refractivity contribution in [1.29, 1.82) is 0 Å². The minimum atomic E-state index is 0.0554. The third kappa shape index (κ3) is 3.69. The van der Waals surface area contributed by atoms with Gasteiger partial charge in [-0.3, -0.25) is 0 Å². The molecule has 0 saturated carbocycles. The van der Waals surface area contributed by atoms with Crippen LogP contribution >= 0.6 is 50.7 Å². The first-order valence-electron chi connectivity index (χ1n) is 6.08. The molecule has 2 aromatic rings. The van der Waals surface area contributed by atoms with Crippen LogP contribution in [0.3, 0.4) is 0 Å². The molecule has 1 atom stereocenters. The van der Waals surface area contributed by atoms with Crippen LogP contribution in [-0.4, -0.2) is 7.05 Å². The Hall–Kier alpha value is -0.250. The SMILES string of the molecule is CNC(Cc1ccc(Br)cc1Cl)c1cccc(Cl)c1Cl. The lowest BCUT2D eigenvalue weighted by molar-refractivity contribution is 0.592. The van der Waals surface area contributed by atoms with Gasteiger partial charge in [0.15, 0.2) is 0 Å². The molecular weight excluding hydrogens is 380 g/mol. The van der Waals surface area contributed by atoms with Gasteiger partial charge in [-0.15, -0.1) is 0 Å². The Morgan fingerprint density at radius 3 is 2.50 bits per heavy atom. The molecule has 1 unspecified atom stereocenters. The molecule has 0 aromatic heterocycles. The van der Waals surface area contributed by atoms with E-state index < -0.39 is 0 Å². The first-order valence-corrected chi connectivity index (χ1v) is 8.00. The van der Waals surface area contributed by atoms with Crippen molar-refractivity contribution in [2.75, 3.05) is 7.05 Å². The highest BCUT2D eigenvalue weighted by molar-refractivity contribution is 9.10. The summed E-state index contributed by atoms with van der Waals surface area (Å²) in [6.45, 7) is 0. The molecule has 5 heteroatoms. The highest BCUT2D eigenvalue weighted by Gasteiger charge is 2.16. The number of hydrogen-bond acceptors (Lipinski definition) is 1. The Bertz CT molecular complexity index is 616. The number of hydrogen-bond donors (Lipinski definition) is 1. The van der Waals surface area contributed by atoms with E-state index in [4.69, 9.17) is 34.8 Å². The molecule has 106 valence electrons. The predicted octanol–water partition coefficient (Wildman–Crippen LogP) is 5.91. The van der Waals surface area contributed by atoms with E-state index in [1.165, 1.54) is 0 Å². The summed E-state index contributed by atoms with van der Waals surface area (Å²) in [6.07, 6.45) is 0.739. The highest BCUT2D eigenvalue weighted by Crippen LogP contribution is 2.33. The molecular formula is C15H13BrCl3N. The minimum absolute atomic E-state index is 0.0554. The van der Waals surface area contributed by atoms with E-state index in [1.54, 1.807) is 6.07 Å². The molecule has 0 aliphatic heterocycles. The van der Waals surface area contributed by atoms with Gasteiger partial charge < -0.3 is 5.32 Å². The van der Waals surface area contributed by atoms with Gasteiger partial charge >= 0.3 is 0 Å². The molecule has 0 aliphatic carbocycles. The molecule has 0 spiro atoms. The second-order valence-corrected chi connectivity index (χ2v) is 6.53. The van der Waals surface area contributed by atoms with Crippen LogP contribution < -0.4 is 5.32 Å². The van der Waals surface area contributed by atoms with E-state index in [2.05, 4.69) is 21.2 Å². The Morgan fingerprint density at radius 2 is 1.85 bits per heavy atom. The van der Waals surface area contributed by atoms with Gasteiger partial charge in [-0.25, -0.2) is 0 Å². The number of likely N-dealkylation sites (N-methyl/N-ethyl adjacent to an activating group) is 1. The van der Waals surface area contributed by atoms with Crippen molar-refractivity contribution in [1.82, 2.24) is 5.32 Å². The van der Waals surface area contributed by atoms with Gasteiger partial charge in [0.25, 0.3) is 0 Å². The summed E-state index contributed by atoms with van der Waals surface area (Å²) < 4.78 is 0.966. The number of benzene rings is 2. The molecule has 0 amide bonds. The van der Waals surface area contributed by atoms with E-state index in [9.17, 15) is 0 Å². The summed E-state index contributed by atoms with van der Waals surface area (Å²) in [6, 6.07) is 11.6. The summed E-state index contributed by atoms with van der Waals surface area (Å²) in [5.74, 6) is 0. The van der Waals surface area contributed by atoms with Crippen molar-refractivity contribution >= 4 is 50.7 Å². The lowest BCUT2D eigenvalue weighted by atomic mass is 9.99. The molecule has 0 heterocycles. The van der Waals surface area contributed by atoms with Gasteiger partial charge in [0.2, 0.25) is 0 Å². The van der Waals surface area contributed by atoms with Gasteiger partial charge in [0.1, 0.15) is 0 Å². The standard InChI is InChI=1S/C15H13BrCl3N/c1-20-14(11-3-2-4-12(17)15(11)19)7-9-5-6-10(16)8-13(9)18/h2-6,8,14,20H,7H2,1H3. The van der Waals surface area contributed by atoms with Crippen LogP contribution in [-0.2, 0) is 6.42 Å². The Morgan fingerprint density at radius 1 is 1.10 bits per heavy atom. The summed E-state index contributed by atoms with van der Waals surface area (Å²) in [4.78, 5) is 0. The first-order chi connectivity index (χ1) is 9.52. The van der Waals surface area contributed by atoms with E-state index in [0.29, 0.717) is 10.0 Å². The zero-order valence-electron chi connectivity index (χ0n) is 10.8. The second kappa shape index (κ2) is 7.15. The Balaban J connectivity index is 2.31. The molecule has 0 bridgehead atoms. The molecule has 1 nitrogen and oxygen atoms in total. The quantitative estimate of drug-likeness (QED) is 0.681. The third-order valence-corrected chi connectivity index (χ3v) is 4.82. The second-order valence-electron chi connectivity index (χ2n) is 4.42. The first kappa shape index (κ1) is 16.1. The van der Waals surface area contributed by atoms with Crippen molar-refractivity contribution in [3.8, 4) is 0 Å². The Kier molecular flexibility index (Phi) is 5.76. The van der Waals surface area contributed by atoms with Crippen LogP contribution in [0, 0.1) is 0 Å². The lowest BCUT2D eigenvalue weighted by Gasteiger charge is -2.19. The van der Waals surface area contributed by atoms with Crippen LogP contribution in [0.2, 0.25) is 15.1 Å². The molecule has 1 N–H and O–H groups in total. The molecule has 2 aromatic carbocycles.